The normalized spacial score (nSPS) is 29.6. The van der Waals surface area contributed by atoms with E-state index in [-0.39, 0.29) is 6.09 Å². The third-order valence-corrected chi connectivity index (χ3v) is 5.94. The van der Waals surface area contributed by atoms with E-state index in [0.29, 0.717) is 10.7 Å². The highest BCUT2D eigenvalue weighted by Gasteiger charge is 2.30. The number of nitrogens with one attached hydrogen (secondary N) is 1. The van der Waals surface area contributed by atoms with Gasteiger partial charge in [0.15, 0.2) is 0 Å². The summed E-state index contributed by atoms with van der Waals surface area (Å²) in [5.74, 6) is 1.85. The lowest BCUT2D eigenvalue weighted by atomic mass is 9.97. The molecule has 0 saturated carbocycles. The van der Waals surface area contributed by atoms with Crippen molar-refractivity contribution in [3.63, 3.8) is 0 Å². The predicted octanol–water partition coefficient (Wildman–Crippen LogP) is 3.51. The maximum atomic E-state index is 12.2. The van der Waals surface area contributed by atoms with Gasteiger partial charge in [0, 0.05) is 24.4 Å². The van der Waals surface area contributed by atoms with Crippen molar-refractivity contribution in [3.05, 3.63) is 0 Å². The molecule has 22 heavy (non-hydrogen) atoms. The summed E-state index contributed by atoms with van der Waals surface area (Å²) in [4.78, 5) is 14.1. The van der Waals surface area contributed by atoms with Crippen molar-refractivity contribution in [1.82, 2.24) is 10.2 Å². The number of hydrogen-bond donors (Lipinski definition) is 1. The average Bonchev–Trinajstić information content (AvgIpc) is 2.84. The van der Waals surface area contributed by atoms with Crippen LogP contribution >= 0.6 is 11.8 Å². The molecule has 0 spiro atoms. The molecule has 0 aromatic carbocycles. The maximum Gasteiger partial charge on any atom is 0.410 e. The van der Waals surface area contributed by atoms with Gasteiger partial charge in [-0.05, 0) is 71.6 Å². The lowest BCUT2D eigenvalue weighted by Gasteiger charge is -2.34. The Bertz CT molecular complexity index is 375. The standard InChI is InChI=1S/C17H32N2O2S/c1-16(2,3)21-15(20)19-9-5-7-14(12-19)11-18-13-17(4)8-6-10-22-17/h14,18H,5-13H2,1-4H3. The van der Waals surface area contributed by atoms with Crippen molar-refractivity contribution in [2.45, 2.75) is 63.7 Å². The minimum atomic E-state index is -0.406. The minimum absolute atomic E-state index is 0.157. The van der Waals surface area contributed by atoms with E-state index in [0.717, 1.165) is 32.6 Å². The molecular formula is C17H32N2O2S. The van der Waals surface area contributed by atoms with Crippen LogP contribution < -0.4 is 5.32 Å². The molecule has 5 heteroatoms. The first-order valence-electron chi connectivity index (χ1n) is 8.60. The van der Waals surface area contributed by atoms with Crippen LogP contribution in [0.2, 0.25) is 0 Å². The second-order valence-corrected chi connectivity index (χ2v) is 9.65. The molecule has 0 aromatic rings. The molecule has 0 aromatic heterocycles. The van der Waals surface area contributed by atoms with Gasteiger partial charge in [-0.25, -0.2) is 4.79 Å². The number of piperidine rings is 1. The first kappa shape index (κ1) is 17.9. The second-order valence-electron chi connectivity index (χ2n) is 7.97. The summed E-state index contributed by atoms with van der Waals surface area (Å²) in [6.45, 7) is 11.9. The molecule has 2 aliphatic heterocycles. The Morgan fingerprint density at radius 3 is 2.82 bits per heavy atom. The molecule has 2 atom stereocenters. The van der Waals surface area contributed by atoms with Crippen molar-refractivity contribution in [2.24, 2.45) is 5.92 Å². The molecule has 2 fully saturated rings. The number of likely N-dealkylation sites (tertiary alicyclic amines) is 1. The first-order valence-corrected chi connectivity index (χ1v) is 9.59. The van der Waals surface area contributed by atoms with Gasteiger partial charge in [-0.15, -0.1) is 0 Å². The molecule has 1 amide bonds. The van der Waals surface area contributed by atoms with E-state index < -0.39 is 5.60 Å². The van der Waals surface area contributed by atoms with E-state index in [1.807, 2.05) is 25.7 Å². The summed E-state index contributed by atoms with van der Waals surface area (Å²) in [5, 5.41) is 3.65. The van der Waals surface area contributed by atoms with Crippen LogP contribution in [0, 0.1) is 5.92 Å². The highest BCUT2D eigenvalue weighted by Crippen LogP contribution is 2.37. The molecule has 128 valence electrons. The molecule has 0 bridgehead atoms. The molecule has 2 saturated heterocycles. The number of amides is 1. The molecule has 2 aliphatic rings. The fourth-order valence-electron chi connectivity index (χ4n) is 3.24. The number of rotatable bonds is 4. The van der Waals surface area contributed by atoms with Gasteiger partial charge >= 0.3 is 6.09 Å². The van der Waals surface area contributed by atoms with Gasteiger partial charge in [-0.3, -0.25) is 0 Å². The summed E-state index contributed by atoms with van der Waals surface area (Å²) < 4.78 is 5.91. The largest absolute Gasteiger partial charge is 0.444 e. The van der Waals surface area contributed by atoms with Crippen LogP contribution in [0.5, 0.6) is 0 Å². The summed E-state index contributed by atoms with van der Waals surface area (Å²) in [6, 6.07) is 0. The fourth-order valence-corrected chi connectivity index (χ4v) is 4.52. The number of hydrogen-bond acceptors (Lipinski definition) is 4. The number of carbonyl (C=O) groups excluding carboxylic acids is 1. The Balaban J connectivity index is 1.72. The van der Waals surface area contributed by atoms with Crippen LogP contribution in [0.1, 0.15) is 53.4 Å². The van der Waals surface area contributed by atoms with Gasteiger partial charge in [0.05, 0.1) is 0 Å². The van der Waals surface area contributed by atoms with Crippen molar-refractivity contribution >= 4 is 17.9 Å². The highest BCUT2D eigenvalue weighted by atomic mass is 32.2. The first-order chi connectivity index (χ1) is 10.3. The Kier molecular flexibility index (Phi) is 6.06. The van der Waals surface area contributed by atoms with Crippen molar-refractivity contribution in [1.29, 1.82) is 0 Å². The average molecular weight is 329 g/mol. The lowest BCUT2D eigenvalue weighted by molar-refractivity contribution is 0.0166. The fraction of sp³-hybridized carbons (Fsp3) is 0.941. The van der Waals surface area contributed by atoms with Gasteiger partial charge in [0.2, 0.25) is 0 Å². The van der Waals surface area contributed by atoms with Crippen LogP contribution in [0.15, 0.2) is 0 Å². The third kappa shape index (κ3) is 5.65. The maximum absolute atomic E-state index is 12.2. The van der Waals surface area contributed by atoms with Crippen LogP contribution in [0.25, 0.3) is 0 Å². The smallest absolute Gasteiger partial charge is 0.410 e. The van der Waals surface area contributed by atoms with E-state index in [2.05, 4.69) is 24.0 Å². The molecule has 2 heterocycles. The van der Waals surface area contributed by atoms with E-state index >= 15 is 0 Å². The summed E-state index contributed by atoms with van der Waals surface area (Å²) in [7, 11) is 0. The van der Waals surface area contributed by atoms with E-state index in [1.165, 1.54) is 25.0 Å². The van der Waals surface area contributed by atoms with Crippen LogP contribution in [-0.4, -0.2) is 53.3 Å². The Hall–Kier alpha value is -0.420. The van der Waals surface area contributed by atoms with Crippen LogP contribution in [0.4, 0.5) is 4.79 Å². The second kappa shape index (κ2) is 7.43. The number of carbonyl (C=O) groups is 1. The zero-order valence-corrected chi connectivity index (χ0v) is 15.4. The zero-order valence-electron chi connectivity index (χ0n) is 14.6. The lowest BCUT2D eigenvalue weighted by Crippen LogP contribution is -2.46. The number of ether oxygens (including phenoxy) is 1. The number of nitrogens with zero attached hydrogens (tertiary/aromatic N) is 1. The molecule has 2 rings (SSSR count). The van der Waals surface area contributed by atoms with Gasteiger partial charge in [0.25, 0.3) is 0 Å². The van der Waals surface area contributed by atoms with Crippen LogP contribution in [-0.2, 0) is 4.74 Å². The molecule has 4 nitrogen and oxygen atoms in total. The van der Waals surface area contributed by atoms with E-state index in [4.69, 9.17) is 4.74 Å². The Labute approximate surface area is 139 Å². The van der Waals surface area contributed by atoms with Gasteiger partial charge < -0.3 is 15.0 Å². The van der Waals surface area contributed by atoms with Crippen molar-refractivity contribution < 1.29 is 9.53 Å². The van der Waals surface area contributed by atoms with Gasteiger partial charge in [-0.1, -0.05) is 0 Å². The summed E-state index contributed by atoms with van der Waals surface area (Å²) in [6.07, 6.45) is 4.79. The number of thioether (sulfide) groups is 1. The van der Waals surface area contributed by atoms with Crippen molar-refractivity contribution in [2.75, 3.05) is 31.9 Å². The summed E-state index contributed by atoms with van der Waals surface area (Å²) >= 11 is 2.10. The van der Waals surface area contributed by atoms with E-state index in [1.54, 1.807) is 0 Å². The third-order valence-electron chi connectivity index (χ3n) is 4.40. The predicted molar refractivity (Wildman–Crippen MR) is 93.5 cm³/mol. The summed E-state index contributed by atoms with van der Waals surface area (Å²) in [5.41, 5.74) is -0.406. The topological polar surface area (TPSA) is 41.6 Å². The highest BCUT2D eigenvalue weighted by molar-refractivity contribution is 8.00. The van der Waals surface area contributed by atoms with Crippen molar-refractivity contribution in [3.8, 4) is 0 Å². The molecular weight excluding hydrogens is 296 g/mol. The molecule has 0 aliphatic carbocycles. The van der Waals surface area contributed by atoms with Gasteiger partial charge in [-0.2, -0.15) is 11.8 Å². The SMILES string of the molecule is CC(C)(C)OC(=O)N1CCCC(CNCC2(C)CCCS2)C1. The van der Waals surface area contributed by atoms with Crippen LogP contribution in [0.3, 0.4) is 0 Å². The Morgan fingerprint density at radius 2 is 2.18 bits per heavy atom. The monoisotopic (exact) mass is 328 g/mol. The molecule has 1 N–H and O–H groups in total. The quantitative estimate of drug-likeness (QED) is 0.857. The molecule has 2 unspecified atom stereocenters. The zero-order chi connectivity index (χ0) is 16.2. The Morgan fingerprint density at radius 1 is 1.41 bits per heavy atom. The van der Waals surface area contributed by atoms with Gasteiger partial charge in [0.1, 0.15) is 5.60 Å². The minimum Gasteiger partial charge on any atom is -0.444 e. The van der Waals surface area contributed by atoms with E-state index in [9.17, 15) is 4.79 Å². The molecule has 0 radical (unpaired) electrons.